The Labute approximate surface area is 349 Å². The molecule has 0 unspecified atom stereocenters. The number of nitrogens with one attached hydrogen (secondary N) is 2. The molecule has 5 rings (SSSR count). The molecule has 1 fully saturated rings. The summed E-state index contributed by atoms with van der Waals surface area (Å²) in [5, 5.41) is 15.7. The standard InChI is InChI=1S/C43H52ClN7O8/c1-26-30(10-9-11-32(26)48-38(54)34-15-12-27(22-46-34)23-50(20-21-52)40(55)58-42(2,3)4)37-36(44)31(18-19-45-37)33-16-13-28(39(49-33)57-8)24-51(41(56)59-43(5,6)7)25-29-14-17-35(53)47-29/h9-13,15-16,18-19,22,29,52H,14,17,20-21,23-25H2,1-8H3,(H,47,53)(H,48,54)/t29-/m0/s1. The summed E-state index contributed by atoms with van der Waals surface area (Å²) in [5.74, 6) is -0.211. The van der Waals surface area contributed by atoms with E-state index in [1.807, 2.05) is 19.1 Å². The SMILES string of the molecule is COc1nc(-c2ccnc(-c3cccc(NC(=O)c4ccc(CN(CCO)C(=O)OC(C)(C)C)cn4)c3C)c2Cl)ccc1CN(C[C@@H]1CCC(=O)N1)C(=O)OC(C)(C)C. The monoisotopic (exact) mass is 829 g/mol. The van der Waals surface area contributed by atoms with E-state index in [2.05, 4.69) is 20.6 Å². The van der Waals surface area contributed by atoms with Crippen molar-refractivity contribution >= 4 is 41.3 Å². The van der Waals surface area contributed by atoms with Crippen LogP contribution in [-0.2, 0) is 27.4 Å². The summed E-state index contributed by atoms with van der Waals surface area (Å²) in [6.07, 6.45) is 3.06. The Morgan fingerprint density at radius 2 is 1.64 bits per heavy atom. The van der Waals surface area contributed by atoms with Crippen LogP contribution in [0.4, 0.5) is 15.3 Å². The van der Waals surface area contributed by atoms with Crippen LogP contribution in [-0.4, -0.2) is 97.9 Å². The highest BCUT2D eigenvalue weighted by molar-refractivity contribution is 6.35. The number of carbonyl (C=O) groups excluding carboxylic acids is 4. The number of ether oxygens (including phenoxy) is 3. The van der Waals surface area contributed by atoms with Gasteiger partial charge < -0.3 is 39.8 Å². The number of amides is 4. The number of anilines is 1. The van der Waals surface area contributed by atoms with Crippen molar-refractivity contribution in [2.24, 2.45) is 0 Å². The zero-order valence-electron chi connectivity index (χ0n) is 34.7. The van der Waals surface area contributed by atoms with Crippen molar-refractivity contribution in [1.82, 2.24) is 30.1 Å². The van der Waals surface area contributed by atoms with Gasteiger partial charge in [-0.2, -0.15) is 0 Å². The van der Waals surface area contributed by atoms with Crippen molar-refractivity contribution in [3.8, 4) is 28.4 Å². The van der Waals surface area contributed by atoms with Crippen molar-refractivity contribution in [1.29, 1.82) is 0 Å². The topological polar surface area (TPSA) is 185 Å². The summed E-state index contributed by atoms with van der Waals surface area (Å²) >= 11 is 7.06. The minimum atomic E-state index is -0.721. The molecule has 3 aromatic heterocycles. The number of aromatic nitrogens is 3. The predicted molar refractivity (Wildman–Crippen MR) is 223 cm³/mol. The van der Waals surface area contributed by atoms with Crippen LogP contribution in [0, 0.1) is 6.92 Å². The van der Waals surface area contributed by atoms with Gasteiger partial charge in [0, 0.05) is 60.3 Å². The lowest BCUT2D eigenvalue weighted by molar-refractivity contribution is -0.119. The van der Waals surface area contributed by atoms with Gasteiger partial charge in [0.2, 0.25) is 11.8 Å². The quantitative estimate of drug-likeness (QED) is 0.124. The summed E-state index contributed by atoms with van der Waals surface area (Å²) < 4.78 is 16.8. The van der Waals surface area contributed by atoms with Gasteiger partial charge in [-0.1, -0.05) is 29.8 Å². The first kappa shape index (κ1) is 44.3. The minimum Gasteiger partial charge on any atom is -0.481 e. The predicted octanol–water partition coefficient (Wildman–Crippen LogP) is 7.17. The zero-order valence-corrected chi connectivity index (χ0v) is 35.5. The van der Waals surface area contributed by atoms with Crippen molar-refractivity contribution in [3.05, 3.63) is 88.3 Å². The Hall–Kier alpha value is -5.80. The molecule has 0 spiro atoms. The fourth-order valence-corrected chi connectivity index (χ4v) is 6.64. The van der Waals surface area contributed by atoms with Gasteiger partial charge in [0.1, 0.15) is 16.9 Å². The van der Waals surface area contributed by atoms with Gasteiger partial charge in [0.05, 0.1) is 43.2 Å². The molecule has 4 heterocycles. The highest BCUT2D eigenvalue weighted by atomic mass is 35.5. The van der Waals surface area contributed by atoms with Crippen LogP contribution in [0.5, 0.6) is 5.88 Å². The zero-order chi connectivity index (χ0) is 43.1. The second kappa shape index (κ2) is 18.9. The summed E-state index contributed by atoms with van der Waals surface area (Å²) in [4.78, 5) is 67.8. The van der Waals surface area contributed by atoms with Gasteiger partial charge in [-0.15, -0.1) is 0 Å². The summed E-state index contributed by atoms with van der Waals surface area (Å²) in [5.41, 5.74) is 3.50. The molecule has 1 atom stereocenters. The van der Waals surface area contributed by atoms with E-state index in [9.17, 15) is 24.3 Å². The van der Waals surface area contributed by atoms with Gasteiger partial charge in [-0.3, -0.25) is 19.6 Å². The van der Waals surface area contributed by atoms with Crippen LogP contribution in [0.15, 0.2) is 60.9 Å². The van der Waals surface area contributed by atoms with E-state index < -0.39 is 29.3 Å². The Kier molecular flexibility index (Phi) is 14.2. The Balaban J connectivity index is 1.34. The van der Waals surface area contributed by atoms with Gasteiger partial charge in [0.15, 0.2) is 0 Å². The van der Waals surface area contributed by atoms with E-state index in [-0.39, 0.29) is 56.3 Å². The molecule has 1 aliphatic heterocycles. The molecule has 15 nitrogen and oxygen atoms in total. The number of hydrogen-bond acceptors (Lipinski definition) is 11. The lowest BCUT2D eigenvalue weighted by atomic mass is 10.0. The van der Waals surface area contributed by atoms with E-state index in [4.69, 9.17) is 30.8 Å². The molecule has 4 aromatic rings. The van der Waals surface area contributed by atoms with E-state index in [1.54, 1.807) is 89.0 Å². The Bertz CT molecular complexity index is 2170. The number of pyridine rings is 3. The summed E-state index contributed by atoms with van der Waals surface area (Å²) in [6.45, 7) is 12.9. The molecule has 1 aromatic carbocycles. The number of hydrogen-bond donors (Lipinski definition) is 3. The molecule has 1 aliphatic rings. The third-order valence-corrected chi connectivity index (χ3v) is 9.51. The van der Waals surface area contributed by atoms with Gasteiger partial charge in [-0.05, 0) is 96.3 Å². The first-order valence-corrected chi connectivity index (χ1v) is 19.6. The maximum Gasteiger partial charge on any atom is 0.410 e. The molecule has 0 aliphatic carbocycles. The Morgan fingerprint density at radius 3 is 2.25 bits per heavy atom. The van der Waals surface area contributed by atoms with Crippen molar-refractivity contribution in [2.75, 3.05) is 32.1 Å². The molecule has 3 N–H and O–H groups in total. The molecule has 0 bridgehead atoms. The minimum absolute atomic E-state index is 0.0510. The first-order chi connectivity index (χ1) is 27.8. The summed E-state index contributed by atoms with van der Waals surface area (Å²) in [7, 11) is 1.50. The number of nitrogens with zero attached hydrogens (tertiary/aromatic N) is 5. The molecule has 59 heavy (non-hydrogen) atoms. The maximum atomic E-state index is 13.4. The van der Waals surface area contributed by atoms with E-state index >= 15 is 0 Å². The number of rotatable bonds is 13. The molecule has 4 amide bonds. The van der Waals surface area contributed by atoms with Gasteiger partial charge in [-0.25, -0.2) is 14.6 Å². The van der Waals surface area contributed by atoms with Crippen LogP contribution in [0.3, 0.4) is 0 Å². The molecule has 314 valence electrons. The van der Waals surface area contributed by atoms with Crippen molar-refractivity contribution < 1.29 is 38.5 Å². The fraction of sp³-hybridized carbons (Fsp3) is 0.419. The highest BCUT2D eigenvalue weighted by Crippen LogP contribution is 2.38. The first-order valence-electron chi connectivity index (χ1n) is 19.3. The van der Waals surface area contributed by atoms with Crippen LogP contribution in [0.2, 0.25) is 5.02 Å². The molecule has 0 saturated carbocycles. The second-order valence-corrected chi connectivity index (χ2v) is 16.5. The molecular formula is C43H52ClN7O8. The third kappa shape index (κ3) is 11.9. The number of methoxy groups -OCH3 is 1. The lowest BCUT2D eigenvalue weighted by Gasteiger charge is -2.29. The molecular weight excluding hydrogens is 778 g/mol. The van der Waals surface area contributed by atoms with E-state index in [1.165, 1.54) is 18.2 Å². The average molecular weight is 830 g/mol. The largest absolute Gasteiger partial charge is 0.481 e. The van der Waals surface area contributed by atoms with Crippen LogP contribution in [0.25, 0.3) is 22.5 Å². The van der Waals surface area contributed by atoms with Crippen molar-refractivity contribution in [3.63, 3.8) is 0 Å². The highest BCUT2D eigenvalue weighted by Gasteiger charge is 2.30. The smallest absolute Gasteiger partial charge is 0.410 e. The normalized spacial score (nSPS) is 14.0. The maximum absolute atomic E-state index is 13.4. The summed E-state index contributed by atoms with van der Waals surface area (Å²) in [6, 6.07) is 13.8. The average Bonchev–Trinajstić information content (AvgIpc) is 3.58. The van der Waals surface area contributed by atoms with Crippen LogP contribution < -0.4 is 15.4 Å². The molecule has 1 saturated heterocycles. The lowest BCUT2D eigenvalue weighted by Crippen LogP contribution is -2.43. The number of aliphatic hydroxyl groups excluding tert-OH is 1. The molecule has 16 heteroatoms. The van der Waals surface area contributed by atoms with Crippen molar-refractivity contribution in [2.45, 2.75) is 91.6 Å². The second-order valence-electron chi connectivity index (χ2n) is 16.2. The van der Waals surface area contributed by atoms with Gasteiger partial charge in [0.25, 0.3) is 5.91 Å². The number of halogens is 1. The molecule has 0 radical (unpaired) electrons. The number of aliphatic hydroxyl groups is 1. The fourth-order valence-electron chi connectivity index (χ4n) is 6.33. The third-order valence-electron chi connectivity index (χ3n) is 9.13. The number of benzene rings is 1. The van der Waals surface area contributed by atoms with Crippen LogP contribution >= 0.6 is 11.6 Å². The van der Waals surface area contributed by atoms with E-state index in [0.29, 0.717) is 62.8 Å². The van der Waals surface area contributed by atoms with E-state index in [0.717, 1.165) is 0 Å². The van der Waals surface area contributed by atoms with Gasteiger partial charge >= 0.3 is 12.2 Å². The number of carbonyl (C=O) groups is 4. The van der Waals surface area contributed by atoms with Crippen LogP contribution in [0.1, 0.15) is 81.6 Å². The Morgan fingerprint density at radius 1 is 0.932 bits per heavy atom.